The van der Waals surface area contributed by atoms with E-state index in [0.717, 1.165) is 37.2 Å². The maximum absolute atomic E-state index is 4.53. The molecule has 1 saturated heterocycles. The minimum Gasteiger partial charge on any atom is -0.369 e. The maximum Gasteiger partial charge on any atom is 0.132 e. The van der Waals surface area contributed by atoms with Gasteiger partial charge in [-0.1, -0.05) is 6.42 Å². The SMILES string of the molecule is c1nc2c(c(NCC3CCN(C4CC4)C3)n1)CCCCC2. The van der Waals surface area contributed by atoms with Crippen molar-refractivity contribution in [2.24, 2.45) is 5.92 Å². The first-order valence-corrected chi connectivity index (χ1v) is 8.71. The second-order valence-corrected chi connectivity index (χ2v) is 6.97. The number of aryl methyl sites for hydroxylation is 1. The standard InChI is InChI=1S/C17H26N4/c1-2-4-15-16(5-3-1)19-12-20-17(15)18-10-13-8-9-21(11-13)14-6-7-14/h12-14H,1-11H2,(H,18,19,20). The first-order valence-electron chi connectivity index (χ1n) is 8.71. The Morgan fingerprint density at radius 1 is 1.10 bits per heavy atom. The van der Waals surface area contributed by atoms with Crippen LogP contribution < -0.4 is 5.32 Å². The summed E-state index contributed by atoms with van der Waals surface area (Å²) in [7, 11) is 0. The lowest BCUT2D eigenvalue weighted by Crippen LogP contribution is -2.25. The lowest BCUT2D eigenvalue weighted by molar-refractivity contribution is 0.316. The molecule has 4 heteroatoms. The first kappa shape index (κ1) is 13.5. The lowest BCUT2D eigenvalue weighted by Gasteiger charge is -2.17. The van der Waals surface area contributed by atoms with E-state index >= 15 is 0 Å². The van der Waals surface area contributed by atoms with Gasteiger partial charge in [0.15, 0.2) is 0 Å². The Morgan fingerprint density at radius 3 is 2.90 bits per heavy atom. The minimum atomic E-state index is 0.794. The highest BCUT2D eigenvalue weighted by molar-refractivity contribution is 5.46. The molecule has 21 heavy (non-hydrogen) atoms. The molecule has 1 atom stereocenters. The van der Waals surface area contributed by atoms with Crippen LogP contribution in [0.3, 0.4) is 0 Å². The largest absolute Gasteiger partial charge is 0.369 e. The third-order valence-electron chi connectivity index (χ3n) is 5.31. The van der Waals surface area contributed by atoms with Crippen molar-refractivity contribution in [3.05, 3.63) is 17.6 Å². The van der Waals surface area contributed by atoms with Crippen molar-refractivity contribution in [1.29, 1.82) is 0 Å². The molecule has 0 spiro atoms. The molecule has 1 aromatic rings. The van der Waals surface area contributed by atoms with E-state index in [1.54, 1.807) is 6.33 Å². The summed E-state index contributed by atoms with van der Waals surface area (Å²) in [4.78, 5) is 11.7. The molecule has 1 aromatic heterocycles. The van der Waals surface area contributed by atoms with Gasteiger partial charge in [0.1, 0.15) is 12.1 Å². The van der Waals surface area contributed by atoms with Gasteiger partial charge in [0.05, 0.1) is 0 Å². The first-order chi connectivity index (χ1) is 10.4. The van der Waals surface area contributed by atoms with E-state index in [0.29, 0.717) is 0 Å². The van der Waals surface area contributed by atoms with Crippen LogP contribution in [0.5, 0.6) is 0 Å². The normalized spacial score (nSPS) is 26.4. The summed E-state index contributed by atoms with van der Waals surface area (Å²) >= 11 is 0. The zero-order valence-corrected chi connectivity index (χ0v) is 12.9. The van der Waals surface area contributed by atoms with Gasteiger partial charge in [0.25, 0.3) is 0 Å². The fourth-order valence-electron chi connectivity index (χ4n) is 3.89. The van der Waals surface area contributed by atoms with Crippen molar-refractivity contribution >= 4 is 5.82 Å². The maximum atomic E-state index is 4.53. The summed E-state index contributed by atoms with van der Waals surface area (Å²) in [6.45, 7) is 3.66. The monoisotopic (exact) mass is 286 g/mol. The quantitative estimate of drug-likeness (QED) is 0.864. The molecular weight excluding hydrogens is 260 g/mol. The molecule has 2 aliphatic carbocycles. The Hall–Kier alpha value is -1.16. The fourth-order valence-corrected chi connectivity index (χ4v) is 3.89. The third kappa shape index (κ3) is 3.05. The van der Waals surface area contributed by atoms with Gasteiger partial charge in [-0.05, 0) is 57.4 Å². The van der Waals surface area contributed by atoms with Crippen LogP contribution in [0.2, 0.25) is 0 Å². The average Bonchev–Trinajstić information content (AvgIpc) is 3.29. The molecule has 2 fully saturated rings. The Kier molecular flexibility index (Phi) is 3.80. The van der Waals surface area contributed by atoms with E-state index in [-0.39, 0.29) is 0 Å². The van der Waals surface area contributed by atoms with Gasteiger partial charge in [0, 0.05) is 30.4 Å². The lowest BCUT2D eigenvalue weighted by atomic mass is 10.1. The van der Waals surface area contributed by atoms with Crippen LogP contribution in [0.1, 0.15) is 49.8 Å². The van der Waals surface area contributed by atoms with Crippen LogP contribution in [0.15, 0.2) is 6.33 Å². The number of hydrogen-bond donors (Lipinski definition) is 1. The van der Waals surface area contributed by atoms with Crippen LogP contribution in [0, 0.1) is 5.92 Å². The van der Waals surface area contributed by atoms with Crippen molar-refractivity contribution in [2.45, 2.75) is 57.4 Å². The second-order valence-electron chi connectivity index (χ2n) is 6.97. The van der Waals surface area contributed by atoms with E-state index in [1.807, 2.05) is 0 Å². The summed E-state index contributed by atoms with van der Waals surface area (Å²) in [5, 5.41) is 3.64. The van der Waals surface area contributed by atoms with Crippen molar-refractivity contribution in [1.82, 2.24) is 14.9 Å². The third-order valence-corrected chi connectivity index (χ3v) is 5.31. The predicted octanol–water partition coefficient (Wildman–Crippen LogP) is 2.64. The molecule has 4 nitrogen and oxygen atoms in total. The van der Waals surface area contributed by atoms with Crippen molar-refractivity contribution < 1.29 is 0 Å². The van der Waals surface area contributed by atoms with Gasteiger partial charge >= 0.3 is 0 Å². The Morgan fingerprint density at radius 2 is 2.00 bits per heavy atom. The Bertz CT molecular complexity index is 498. The molecule has 4 rings (SSSR count). The minimum absolute atomic E-state index is 0.794. The molecule has 2 heterocycles. The molecule has 114 valence electrons. The number of nitrogens with zero attached hydrogens (tertiary/aromatic N) is 3. The topological polar surface area (TPSA) is 41.1 Å². The summed E-state index contributed by atoms with van der Waals surface area (Å²) in [5.41, 5.74) is 2.68. The highest BCUT2D eigenvalue weighted by Crippen LogP contribution is 2.32. The van der Waals surface area contributed by atoms with E-state index in [4.69, 9.17) is 0 Å². The summed E-state index contributed by atoms with van der Waals surface area (Å²) in [6.07, 6.45) is 12.1. The van der Waals surface area contributed by atoms with Gasteiger partial charge in [0.2, 0.25) is 0 Å². The number of aromatic nitrogens is 2. The molecule has 1 unspecified atom stereocenters. The molecular formula is C17H26N4. The van der Waals surface area contributed by atoms with Crippen molar-refractivity contribution in [2.75, 3.05) is 25.0 Å². The summed E-state index contributed by atoms with van der Waals surface area (Å²) in [6, 6.07) is 0.922. The molecule has 0 aromatic carbocycles. The van der Waals surface area contributed by atoms with Gasteiger partial charge in [-0.2, -0.15) is 0 Å². The number of rotatable bonds is 4. The van der Waals surface area contributed by atoms with Crippen LogP contribution >= 0.6 is 0 Å². The van der Waals surface area contributed by atoms with Gasteiger partial charge < -0.3 is 10.2 Å². The Labute approximate surface area is 127 Å². The predicted molar refractivity (Wildman–Crippen MR) is 84.5 cm³/mol. The molecule has 1 saturated carbocycles. The number of anilines is 1. The van der Waals surface area contributed by atoms with Crippen LogP contribution in [-0.2, 0) is 12.8 Å². The number of nitrogens with one attached hydrogen (secondary N) is 1. The van der Waals surface area contributed by atoms with E-state index in [1.165, 1.54) is 62.9 Å². The van der Waals surface area contributed by atoms with Crippen LogP contribution in [0.4, 0.5) is 5.82 Å². The summed E-state index contributed by atoms with van der Waals surface area (Å²) < 4.78 is 0. The van der Waals surface area contributed by atoms with Crippen molar-refractivity contribution in [3.63, 3.8) is 0 Å². The molecule has 0 bridgehead atoms. The van der Waals surface area contributed by atoms with Gasteiger partial charge in [-0.15, -0.1) is 0 Å². The molecule has 1 N–H and O–H groups in total. The highest BCUT2D eigenvalue weighted by Gasteiger charge is 2.34. The van der Waals surface area contributed by atoms with E-state index in [2.05, 4.69) is 20.2 Å². The smallest absolute Gasteiger partial charge is 0.132 e. The van der Waals surface area contributed by atoms with Crippen LogP contribution in [-0.4, -0.2) is 40.5 Å². The van der Waals surface area contributed by atoms with Gasteiger partial charge in [-0.25, -0.2) is 9.97 Å². The van der Waals surface area contributed by atoms with Gasteiger partial charge in [-0.3, -0.25) is 0 Å². The molecule has 0 amide bonds. The highest BCUT2D eigenvalue weighted by atomic mass is 15.2. The number of likely N-dealkylation sites (tertiary alicyclic amines) is 1. The van der Waals surface area contributed by atoms with E-state index < -0.39 is 0 Å². The summed E-state index contributed by atoms with van der Waals surface area (Å²) in [5.74, 6) is 1.91. The average molecular weight is 286 g/mol. The molecule has 3 aliphatic rings. The number of hydrogen-bond acceptors (Lipinski definition) is 4. The fraction of sp³-hybridized carbons (Fsp3) is 0.765. The number of fused-ring (bicyclic) bond motifs is 1. The molecule has 1 aliphatic heterocycles. The van der Waals surface area contributed by atoms with Crippen LogP contribution in [0.25, 0.3) is 0 Å². The Balaban J connectivity index is 1.38. The second kappa shape index (κ2) is 5.91. The van der Waals surface area contributed by atoms with Crippen molar-refractivity contribution in [3.8, 4) is 0 Å². The molecule has 0 radical (unpaired) electrons. The zero-order chi connectivity index (χ0) is 14.1. The van der Waals surface area contributed by atoms with E-state index in [9.17, 15) is 0 Å². The zero-order valence-electron chi connectivity index (χ0n) is 12.9.